The lowest BCUT2D eigenvalue weighted by Gasteiger charge is -2.45. The third-order valence-electron chi connectivity index (χ3n) is 4.41. The van der Waals surface area contributed by atoms with Crippen molar-refractivity contribution in [2.45, 2.75) is 45.1 Å². The normalized spacial score (nSPS) is 29.4. The predicted octanol–water partition coefficient (Wildman–Crippen LogP) is 1.86. The van der Waals surface area contributed by atoms with Crippen molar-refractivity contribution < 1.29 is 0 Å². The minimum atomic E-state index is -0.0825. The molecule has 0 amide bonds. The molecule has 1 aromatic rings. The summed E-state index contributed by atoms with van der Waals surface area (Å²) >= 11 is 0. The lowest BCUT2D eigenvalue weighted by atomic mass is 9.84. The van der Waals surface area contributed by atoms with E-state index in [0.29, 0.717) is 11.9 Å². The molecule has 1 unspecified atom stereocenters. The number of anilines is 2. The van der Waals surface area contributed by atoms with Crippen LogP contribution in [-0.4, -0.2) is 40.5 Å². The molecule has 110 valence electrons. The number of hydrogen-bond donors (Lipinski definition) is 2. The fraction of sp³-hybridized carbons (Fsp3) is 0.733. The van der Waals surface area contributed by atoms with Gasteiger partial charge in [0, 0.05) is 24.1 Å². The van der Waals surface area contributed by atoms with E-state index in [0.717, 1.165) is 24.1 Å². The zero-order valence-corrected chi connectivity index (χ0v) is 12.7. The molecule has 5 nitrogen and oxygen atoms in total. The Morgan fingerprint density at radius 3 is 2.50 bits per heavy atom. The van der Waals surface area contributed by atoms with Crippen LogP contribution in [-0.2, 0) is 5.41 Å². The molecular weight excluding hydrogens is 250 g/mol. The van der Waals surface area contributed by atoms with Crippen LogP contribution >= 0.6 is 0 Å². The van der Waals surface area contributed by atoms with Gasteiger partial charge in [0.05, 0.1) is 0 Å². The lowest BCUT2D eigenvalue weighted by molar-refractivity contribution is 0.0973. The Balaban J connectivity index is 1.79. The van der Waals surface area contributed by atoms with Crippen molar-refractivity contribution in [3.05, 3.63) is 11.9 Å². The van der Waals surface area contributed by atoms with Crippen molar-refractivity contribution in [2.75, 3.05) is 30.7 Å². The molecule has 0 spiro atoms. The van der Waals surface area contributed by atoms with Gasteiger partial charge in [-0.3, -0.25) is 0 Å². The van der Waals surface area contributed by atoms with Gasteiger partial charge in [0.15, 0.2) is 0 Å². The number of nitrogen functional groups attached to an aromatic ring is 1. The summed E-state index contributed by atoms with van der Waals surface area (Å²) in [5.41, 5.74) is 5.85. The van der Waals surface area contributed by atoms with Gasteiger partial charge in [-0.1, -0.05) is 20.8 Å². The molecule has 3 aliphatic rings. The van der Waals surface area contributed by atoms with Crippen molar-refractivity contribution in [3.8, 4) is 0 Å². The maximum Gasteiger partial charge on any atom is 0.138 e. The Hall–Kier alpha value is -1.36. The first-order valence-corrected chi connectivity index (χ1v) is 7.56. The van der Waals surface area contributed by atoms with E-state index in [2.05, 4.69) is 41.0 Å². The van der Waals surface area contributed by atoms with Gasteiger partial charge in [-0.05, 0) is 31.8 Å². The Kier molecular flexibility index (Phi) is 3.32. The number of rotatable bonds is 2. The molecule has 4 rings (SSSR count). The first-order valence-electron chi connectivity index (χ1n) is 7.56. The molecule has 2 bridgehead atoms. The van der Waals surface area contributed by atoms with E-state index in [1.165, 1.54) is 25.9 Å². The average molecular weight is 275 g/mol. The summed E-state index contributed by atoms with van der Waals surface area (Å²) in [5, 5.41) is 3.59. The van der Waals surface area contributed by atoms with Crippen LogP contribution in [0.5, 0.6) is 0 Å². The second-order valence-corrected chi connectivity index (χ2v) is 7.14. The van der Waals surface area contributed by atoms with Crippen LogP contribution < -0.4 is 11.1 Å². The Morgan fingerprint density at radius 2 is 1.95 bits per heavy atom. The molecule has 4 heterocycles. The number of aromatic nitrogens is 2. The van der Waals surface area contributed by atoms with Crippen LogP contribution in [0.4, 0.5) is 11.6 Å². The predicted molar refractivity (Wildman–Crippen MR) is 81.7 cm³/mol. The van der Waals surface area contributed by atoms with E-state index < -0.39 is 0 Å². The van der Waals surface area contributed by atoms with Crippen molar-refractivity contribution in [1.29, 1.82) is 0 Å². The van der Waals surface area contributed by atoms with Gasteiger partial charge in [-0.2, -0.15) is 0 Å². The molecule has 3 N–H and O–H groups in total. The molecule has 0 aliphatic carbocycles. The van der Waals surface area contributed by atoms with Crippen LogP contribution in [0.2, 0.25) is 0 Å². The highest BCUT2D eigenvalue weighted by molar-refractivity contribution is 5.46. The van der Waals surface area contributed by atoms with Crippen LogP contribution in [0, 0.1) is 5.92 Å². The quantitative estimate of drug-likeness (QED) is 0.862. The molecule has 1 atom stereocenters. The molecular formula is C15H25N5. The Bertz CT molecular complexity index is 486. The van der Waals surface area contributed by atoms with E-state index in [1.807, 2.05) is 6.07 Å². The first kappa shape index (κ1) is 13.6. The summed E-state index contributed by atoms with van der Waals surface area (Å²) in [6.45, 7) is 9.96. The SMILES string of the molecule is CC(C)(C)c1nc(N)cc(NC2CN3CCC2CC3)n1. The fourth-order valence-corrected chi connectivity index (χ4v) is 3.19. The zero-order chi connectivity index (χ0) is 14.3. The maximum absolute atomic E-state index is 5.94. The molecule has 3 fully saturated rings. The molecule has 0 aromatic carbocycles. The number of nitrogens with two attached hydrogens (primary N) is 1. The standard InChI is InChI=1S/C15H25N5/c1-15(2,3)14-18-12(16)8-13(19-14)17-11-9-20-6-4-10(11)5-7-20/h8,10-11H,4-7,9H2,1-3H3,(H3,16,17,18,19). The molecule has 0 saturated carbocycles. The molecule has 5 heteroatoms. The van der Waals surface area contributed by atoms with Crippen molar-refractivity contribution >= 4 is 11.6 Å². The smallest absolute Gasteiger partial charge is 0.138 e. The fourth-order valence-electron chi connectivity index (χ4n) is 3.19. The summed E-state index contributed by atoms with van der Waals surface area (Å²) in [4.78, 5) is 11.6. The van der Waals surface area contributed by atoms with Crippen molar-refractivity contribution in [3.63, 3.8) is 0 Å². The van der Waals surface area contributed by atoms with Crippen molar-refractivity contribution in [1.82, 2.24) is 14.9 Å². The second-order valence-electron chi connectivity index (χ2n) is 7.14. The minimum Gasteiger partial charge on any atom is -0.384 e. The van der Waals surface area contributed by atoms with Gasteiger partial charge in [0.1, 0.15) is 17.5 Å². The van der Waals surface area contributed by atoms with Crippen LogP contribution in [0.25, 0.3) is 0 Å². The van der Waals surface area contributed by atoms with E-state index in [1.54, 1.807) is 0 Å². The van der Waals surface area contributed by atoms with E-state index >= 15 is 0 Å². The summed E-state index contributed by atoms with van der Waals surface area (Å²) in [5.74, 6) is 3.01. The van der Waals surface area contributed by atoms with Gasteiger partial charge < -0.3 is 16.0 Å². The van der Waals surface area contributed by atoms with E-state index in [-0.39, 0.29) is 5.41 Å². The van der Waals surface area contributed by atoms with E-state index in [4.69, 9.17) is 5.73 Å². The Morgan fingerprint density at radius 1 is 1.25 bits per heavy atom. The number of hydrogen-bond acceptors (Lipinski definition) is 5. The van der Waals surface area contributed by atoms with Crippen molar-refractivity contribution in [2.24, 2.45) is 5.92 Å². The first-order chi connectivity index (χ1) is 9.41. The third-order valence-corrected chi connectivity index (χ3v) is 4.41. The third kappa shape index (κ3) is 2.73. The number of nitrogens with one attached hydrogen (secondary N) is 1. The monoisotopic (exact) mass is 275 g/mol. The molecule has 0 radical (unpaired) electrons. The van der Waals surface area contributed by atoms with Crippen LogP contribution in [0.15, 0.2) is 6.07 Å². The minimum absolute atomic E-state index is 0.0825. The van der Waals surface area contributed by atoms with Gasteiger partial charge in [0.2, 0.25) is 0 Å². The van der Waals surface area contributed by atoms with Gasteiger partial charge in [-0.25, -0.2) is 9.97 Å². The number of piperidine rings is 3. The van der Waals surface area contributed by atoms with E-state index in [9.17, 15) is 0 Å². The molecule has 20 heavy (non-hydrogen) atoms. The summed E-state index contributed by atoms with van der Waals surface area (Å²) in [6, 6.07) is 2.35. The zero-order valence-electron chi connectivity index (χ0n) is 12.7. The van der Waals surface area contributed by atoms with Gasteiger partial charge >= 0.3 is 0 Å². The summed E-state index contributed by atoms with van der Waals surface area (Å²) in [6.07, 6.45) is 2.59. The molecule has 1 aromatic heterocycles. The van der Waals surface area contributed by atoms with Gasteiger partial charge in [-0.15, -0.1) is 0 Å². The highest BCUT2D eigenvalue weighted by Gasteiger charge is 2.34. The number of fused-ring (bicyclic) bond motifs is 3. The van der Waals surface area contributed by atoms with Gasteiger partial charge in [0.25, 0.3) is 0 Å². The largest absolute Gasteiger partial charge is 0.384 e. The molecule has 3 saturated heterocycles. The van der Waals surface area contributed by atoms with Crippen LogP contribution in [0.3, 0.4) is 0 Å². The average Bonchev–Trinajstić information content (AvgIpc) is 2.38. The maximum atomic E-state index is 5.94. The topological polar surface area (TPSA) is 67.1 Å². The summed E-state index contributed by atoms with van der Waals surface area (Å²) in [7, 11) is 0. The molecule has 3 aliphatic heterocycles. The summed E-state index contributed by atoms with van der Waals surface area (Å²) < 4.78 is 0. The highest BCUT2D eigenvalue weighted by Crippen LogP contribution is 2.30. The second kappa shape index (κ2) is 4.88. The highest BCUT2D eigenvalue weighted by atomic mass is 15.2. The lowest BCUT2D eigenvalue weighted by Crippen LogP contribution is -2.53. The Labute approximate surface area is 121 Å². The number of nitrogens with zero attached hydrogens (tertiary/aromatic N) is 3. The van der Waals surface area contributed by atoms with Crippen LogP contribution in [0.1, 0.15) is 39.4 Å².